The van der Waals surface area contributed by atoms with Gasteiger partial charge in [-0.05, 0) is 26.7 Å². The lowest BCUT2D eigenvalue weighted by molar-refractivity contribution is -0.146. The fourth-order valence-corrected chi connectivity index (χ4v) is 2.24. The van der Waals surface area contributed by atoms with Gasteiger partial charge in [-0.2, -0.15) is 0 Å². The van der Waals surface area contributed by atoms with Gasteiger partial charge >= 0.3 is 5.97 Å². The Labute approximate surface area is 106 Å². The highest BCUT2D eigenvalue weighted by Crippen LogP contribution is 2.31. The molecule has 1 aliphatic rings. The summed E-state index contributed by atoms with van der Waals surface area (Å²) in [6.45, 7) is 3.56. The number of nitrogens with one attached hydrogen (secondary N) is 2. The molecule has 0 radical (unpaired) electrons. The monoisotopic (exact) mass is 256 g/mol. The van der Waals surface area contributed by atoms with Crippen LogP contribution in [0.4, 0.5) is 0 Å². The van der Waals surface area contributed by atoms with Crippen LogP contribution in [0.1, 0.15) is 33.1 Å². The van der Waals surface area contributed by atoms with E-state index in [9.17, 15) is 14.4 Å². The van der Waals surface area contributed by atoms with Gasteiger partial charge in [0, 0.05) is 6.04 Å². The van der Waals surface area contributed by atoms with Crippen LogP contribution >= 0.6 is 0 Å². The lowest BCUT2D eigenvalue weighted by atomic mass is 9.95. The van der Waals surface area contributed by atoms with Gasteiger partial charge in [-0.3, -0.25) is 14.4 Å². The second-order valence-corrected chi connectivity index (χ2v) is 4.92. The molecule has 102 valence electrons. The number of carboxylic acids is 1. The minimum atomic E-state index is -0.931. The quantitative estimate of drug-likeness (QED) is 0.651. The zero-order valence-corrected chi connectivity index (χ0v) is 10.7. The molecule has 2 atom stereocenters. The first-order valence-corrected chi connectivity index (χ1v) is 6.21. The Kier molecular flexibility index (Phi) is 5.12. The van der Waals surface area contributed by atoms with E-state index in [0.717, 1.165) is 6.42 Å². The van der Waals surface area contributed by atoms with E-state index in [1.165, 1.54) is 0 Å². The molecule has 1 saturated carbocycles. The SMILES string of the molecule is CC(C)NC(=O)CNC(=O)C1CCCC1C(=O)O. The average molecular weight is 256 g/mol. The number of carbonyl (C=O) groups is 3. The summed E-state index contributed by atoms with van der Waals surface area (Å²) in [5.74, 6) is -2.64. The third-order valence-electron chi connectivity index (χ3n) is 3.04. The largest absolute Gasteiger partial charge is 0.481 e. The van der Waals surface area contributed by atoms with Crippen molar-refractivity contribution in [1.29, 1.82) is 0 Å². The minimum Gasteiger partial charge on any atom is -0.481 e. The molecular weight excluding hydrogens is 236 g/mol. The summed E-state index contributed by atoms with van der Waals surface area (Å²) in [5.41, 5.74) is 0. The molecule has 6 heteroatoms. The second-order valence-electron chi connectivity index (χ2n) is 4.92. The molecular formula is C12H20N2O4. The van der Waals surface area contributed by atoms with Crippen LogP contribution in [0.15, 0.2) is 0 Å². The molecule has 1 aliphatic carbocycles. The summed E-state index contributed by atoms with van der Waals surface area (Å²) in [6, 6.07) is 0.0210. The predicted molar refractivity (Wildman–Crippen MR) is 64.8 cm³/mol. The number of aliphatic carboxylic acids is 1. The van der Waals surface area contributed by atoms with Gasteiger partial charge in [0.05, 0.1) is 18.4 Å². The molecule has 0 saturated heterocycles. The maximum atomic E-state index is 11.8. The van der Waals surface area contributed by atoms with Crippen molar-refractivity contribution in [3.63, 3.8) is 0 Å². The third-order valence-corrected chi connectivity index (χ3v) is 3.04. The minimum absolute atomic E-state index is 0.0210. The van der Waals surface area contributed by atoms with E-state index >= 15 is 0 Å². The zero-order valence-electron chi connectivity index (χ0n) is 10.7. The summed E-state index contributed by atoms with van der Waals surface area (Å²) < 4.78 is 0. The highest BCUT2D eigenvalue weighted by molar-refractivity contribution is 5.88. The summed E-state index contributed by atoms with van der Waals surface area (Å²) in [5, 5.41) is 14.1. The first-order valence-electron chi connectivity index (χ1n) is 6.21. The van der Waals surface area contributed by atoms with Crippen LogP contribution in [0.3, 0.4) is 0 Å². The first kappa shape index (κ1) is 14.5. The lowest BCUT2D eigenvalue weighted by Gasteiger charge is -2.15. The van der Waals surface area contributed by atoms with Crippen molar-refractivity contribution < 1.29 is 19.5 Å². The van der Waals surface area contributed by atoms with Crippen LogP contribution in [-0.2, 0) is 14.4 Å². The molecule has 18 heavy (non-hydrogen) atoms. The number of carboxylic acid groups (broad SMARTS) is 1. The summed E-state index contributed by atoms with van der Waals surface area (Å²) >= 11 is 0. The molecule has 1 fully saturated rings. The van der Waals surface area contributed by atoms with E-state index in [1.807, 2.05) is 13.8 Å². The Morgan fingerprint density at radius 2 is 1.83 bits per heavy atom. The highest BCUT2D eigenvalue weighted by Gasteiger charge is 2.37. The fourth-order valence-electron chi connectivity index (χ4n) is 2.24. The summed E-state index contributed by atoms with van der Waals surface area (Å²) in [7, 11) is 0. The molecule has 0 spiro atoms. The molecule has 0 aromatic heterocycles. The van der Waals surface area contributed by atoms with Crippen LogP contribution < -0.4 is 10.6 Å². The Morgan fingerprint density at radius 3 is 2.39 bits per heavy atom. The maximum Gasteiger partial charge on any atom is 0.307 e. The van der Waals surface area contributed by atoms with Crippen molar-refractivity contribution in [2.45, 2.75) is 39.2 Å². The van der Waals surface area contributed by atoms with Crippen LogP contribution in [0, 0.1) is 11.8 Å². The number of amides is 2. The molecule has 0 heterocycles. The van der Waals surface area contributed by atoms with Crippen LogP contribution in [0.2, 0.25) is 0 Å². The Morgan fingerprint density at radius 1 is 1.22 bits per heavy atom. The number of rotatable bonds is 5. The van der Waals surface area contributed by atoms with Crippen molar-refractivity contribution >= 4 is 17.8 Å². The van der Waals surface area contributed by atoms with E-state index in [4.69, 9.17) is 5.11 Å². The molecule has 1 rings (SSSR count). The van der Waals surface area contributed by atoms with Crippen molar-refractivity contribution in [3.8, 4) is 0 Å². The van der Waals surface area contributed by atoms with Gasteiger partial charge in [-0.1, -0.05) is 6.42 Å². The van der Waals surface area contributed by atoms with Crippen LogP contribution in [-0.4, -0.2) is 35.5 Å². The summed E-state index contributed by atoms with van der Waals surface area (Å²) in [4.78, 5) is 34.1. The van der Waals surface area contributed by atoms with Gasteiger partial charge in [0.25, 0.3) is 0 Å². The van der Waals surface area contributed by atoms with Gasteiger partial charge in [0.2, 0.25) is 11.8 Å². The molecule has 6 nitrogen and oxygen atoms in total. The average Bonchev–Trinajstić information content (AvgIpc) is 2.73. The van der Waals surface area contributed by atoms with Crippen LogP contribution in [0.25, 0.3) is 0 Å². The molecule has 0 aliphatic heterocycles. The van der Waals surface area contributed by atoms with Gasteiger partial charge in [0.15, 0.2) is 0 Å². The predicted octanol–water partition coefficient (Wildman–Crippen LogP) is 0.128. The Bertz CT molecular complexity index is 341. The van der Waals surface area contributed by atoms with Crippen molar-refractivity contribution in [3.05, 3.63) is 0 Å². The highest BCUT2D eigenvalue weighted by atomic mass is 16.4. The molecule has 3 N–H and O–H groups in total. The molecule has 2 unspecified atom stereocenters. The fraction of sp³-hybridized carbons (Fsp3) is 0.750. The standard InChI is InChI=1S/C12H20N2O4/c1-7(2)14-10(15)6-13-11(16)8-4-3-5-9(8)12(17)18/h7-9H,3-6H2,1-2H3,(H,13,16)(H,14,15)(H,17,18). The molecule has 0 aromatic rings. The maximum absolute atomic E-state index is 11.8. The smallest absolute Gasteiger partial charge is 0.307 e. The van der Waals surface area contributed by atoms with Crippen molar-refractivity contribution in [2.24, 2.45) is 11.8 Å². The molecule has 0 bridgehead atoms. The van der Waals surface area contributed by atoms with E-state index in [-0.39, 0.29) is 24.4 Å². The van der Waals surface area contributed by atoms with E-state index in [2.05, 4.69) is 10.6 Å². The zero-order chi connectivity index (χ0) is 13.7. The van der Waals surface area contributed by atoms with Gasteiger partial charge in [0.1, 0.15) is 0 Å². The van der Waals surface area contributed by atoms with E-state index < -0.39 is 17.8 Å². The number of carbonyl (C=O) groups excluding carboxylic acids is 2. The van der Waals surface area contributed by atoms with Gasteiger partial charge < -0.3 is 15.7 Å². The van der Waals surface area contributed by atoms with Gasteiger partial charge in [-0.15, -0.1) is 0 Å². The Hall–Kier alpha value is -1.59. The first-order chi connectivity index (χ1) is 8.41. The lowest BCUT2D eigenvalue weighted by Crippen LogP contribution is -2.43. The van der Waals surface area contributed by atoms with Crippen molar-refractivity contribution in [2.75, 3.05) is 6.54 Å². The number of hydrogen-bond donors (Lipinski definition) is 3. The second kappa shape index (κ2) is 6.37. The topological polar surface area (TPSA) is 95.5 Å². The summed E-state index contributed by atoms with van der Waals surface area (Å²) in [6.07, 6.45) is 1.85. The van der Waals surface area contributed by atoms with E-state index in [0.29, 0.717) is 12.8 Å². The van der Waals surface area contributed by atoms with Crippen molar-refractivity contribution in [1.82, 2.24) is 10.6 Å². The van der Waals surface area contributed by atoms with Gasteiger partial charge in [-0.25, -0.2) is 0 Å². The molecule has 0 aromatic carbocycles. The number of hydrogen-bond acceptors (Lipinski definition) is 3. The van der Waals surface area contributed by atoms with Crippen LogP contribution in [0.5, 0.6) is 0 Å². The Balaban J connectivity index is 2.41. The molecule has 2 amide bonds. The normalized spacial score (nSPS) is 22.8. The van der Waals surface area contributed by atoms with E-state index in [1.54, 1.807) is 0 Å². The third kappa shape index (κ3) is 4.01.